The maximum Gasteiger partial charge on any atom is 0.337 e. The molecule has 2 aromatic carbocycles. The molecule has 0 aliphatic carbocycles. The summed E-state index contributed by atoms with van der Waals surface area (Å²) in [5, 5.41) is 6.24. The van der Waals surface area contributed by atoms with Gasteiger partial charge < -0.3 is 9.72 Å². The fourth-order valence-corrected chi connectivity index (χ4v) is 3.52. The molecule has 4 aromatic rings. The molecule has 0 radical (unpaired) electrons. The minimum Gasteiger partial charge on any atom is -0.465 e. The largest absolute Gasteiger partial charge is 0.465 e. The molecule has 2 aromatic heterocycles. The number of para-hydroxylation sites is 1. The number of fused-ring (bicyclic) bond motifs is 1. The zero-order valence-electron chi connectivity index (χ0n) is 14.4. The van der Waals surface area contributed by atoms with Crippen LogP contribution in [0.2, 0.25) is 0 Å². The number of H-pyrrole nitrogens is 1. The SMILES string of the molecule is COC(=O)c1cccc(C(=O)Nc2nc(-c3c[nH]c4ccccc34)cs2)c1. The zero-order chi connectivity index (χ0) is 18.8. The maximum absolute atomic E-state index is 12.5. The van der Waals surface area contributed by atoms with Gasteiger partial charge in [0.2, 0.25) is 0 Å². The summed E-state index contributed by atoms with van der Waals surface area (Å²) in [6, 6.07) is 14.3. The summed E-state index contributed by atoms with van der Waals surface area (Å²) < 4.78 is 4.69. The second-order valence-electron chi connectivity index (χ2n) is 5.81. The molecule has 7 heteroatoms. The van der Waals surface area contributed by atoms with Crippen molar-refractivity contribution in [3.63, 3.8) is 0 Å². The highest BCUT2D eigenvalue weighted by Crippen LogP contribution is 2.31. The Morgan fingerprint density at radius 3 is 2.78 bits per heavy atom. The number of hydrogen-bond acceptors (Lipinski definition) is 5. The zero-order valence-corrected chi connectivity index (χ0v) is 15.2. The first kappa shape index (κ1) is 17.0. The van der Waals surface area contributed by atoms with E-state index in [9.17, 15) is 9.59 Å². The molecule has 0 unspecified atom stereocenters. The molecule has 4 rings (SSSR count). The lowest BCUT2D eigenvalue weighted by Crippen LogP contribution is -2.13. The van der Waals surface area contributed by atoms with Crippen molar-refractivity contribution in [2.45, 2.75) is 0 Å². The summed E-state index contributed by atoms with van der Waals surface area (Å²) in [5.74, 6) is -0.818. The van der Waals surface area contributed by atoms with Gasteiger partial charge in [-0.15, -0.1) is 11.3 Å². The fraction of sp³-hybridized carbons (Fsp3) is 0.0500. The Bertz CT molecular complexity index is 1150. The number of anilines is 1. The lowest BCUT2D eigenvalue weighted by atomic mass is 10.1. The molecule has 134 valence electrons. The van der Waals surface area contributed by atoms with Crippen molar-refractivity contribution in [1.82, 2.24) is 9.97 Å². The van der Waals surface area contributed by atoms with Crippen LogP contribution in [-0.2, 0) is 4.74 Å². The predicted octanol–water partition coefficient (Wildman–Crippen LogP) is 4.33. The molecule has 6 nitrogen and oxygen atoms in total. The van der Waals surface area contributed by atoms with E-state index in [4.69, 9.17) is 0 Å². The molecule has 0 atom stereocenters. The Morgan fingerprint density at radius 1 is 1.11 bits per heavy atom. The van der Waals surface area contributed by atoms with Crippen molar-refractivity contribution in [3.8, 4) is 11.3 Å². The molecule has 2 heterocycles. The third kappa shape index (κ3) is 3.32. The van der Waals surface area contributed by atoms with Crippen molar-refractivity contribution in [2.24, 2.45) is 0 Å². The topological polar surface area (TPSA) is 84.1 Å². The highest BCUT2D eigenvalue weighted by atomic mass is 32.1. The van der Waals surface area contributed by atoms with Gasteiger partial charge in [0, 0.05) is 33.6 Å². The Morgan fingerprint density at radius 2 is 1.93 bits per heavy atom. The van der Waals surface area contributed by atoms with Crippen LogP contribution in [0.4, 0.5) is 5.13 Å². The number of hydrogen-bond donors (Lipinski definition) is 2. The van der Waals surface area contributed by atoms with Crippen molar-refractivity contribution in [3.05, 3.63) is 71.2 Å². The van der Waals surface area contributed by atoms with Gasteiger partial charge in [-0.05, 0) is 24.3 Å². The number of amides is 1. The minimum atomic E-state index is -0.486. The molecule has 0 spiro atoms. The number of aromatic nitrogens is 2. The fourth-order valence-electron chi connectivity index (χ4n) is 2.81. The predicted molar refractivity (Wildman–Crippen MR) is 105 cm³/mol. The molecule has 1 amide bonds. The number of nitrogens with one attached hydrogen (secondary N) is 2. The van der Waals surface area contributed by atoms with Crippen molar-refractivity contribution in [2.75, 3.05) is 12.4 Å². The van der Waals surface area contributed by atoms with E-state index in [0.717, 1.165) is 22.2 Å². The number of thiazole rings is 1. The summed E-state index contributed by atoms with van der Waals surface area (Å²) in [7, 11) is 1.30. The molecule has 0 saturated carbocycles. The lowest BCUT2D eigenvalue weighted by Gasteiger charge is -2.04. The Kier molecular flexibility index (Phi) is 4.43. The van der Waals surface area contributed by atoms with Gasteiger partial charge in [-0.2, -0.15) is 0 Å². The van der Waals surface area contributed by atoms with Crippen LogP contribution in [0, 0.1) is 0 Å². The standard InChI is InChI=1S/C20H15N3O3S/c1-26-19(25)13-6-4-5-12(9-13)18(24)23-20-22-17(11-27-20)15-10-21-16-8-3-2-7-14(15)16/h2-11,21H,1H3,(H,22,23,24). The van der Waals surface area contributed by atoms with E-state index in [-0.39, 0.29) is 5.91 Å². The number of esters is 1. The van der Waals surface area contributed by atoms with Gasteiger partial charge in [0.15, 0.2) is 5.13 Å². The van der Waals surface area contributed by atoms with Gasteiger partial charge in [0.1, 0.15) is 0 Å². The number of methoxy groups -OCH3 is 1. The third-order valence-electron chi connectivity index (χ3n) is 4.14. The highest BCUT2D eigenvalue weighted by molar-refractivity contribution is 7.14. The Labute approximate surface area is 158 Å². The second-order valence-corrected chi connectivity index (χ2v) is 6.67. The molecule has 0 bridgehead atoms. The molecular weight excluding hydrogens is 362 g/mol. The molecule has 0 aliphatic rings. The van der Waals surface area contributed by atoms with Crippen LogP contribution in [-0.4, -0.2) is 29.0 Å². The van der Waals surface area contributed by atoms with Gasteiger partial charge in [-0.3, -0.25) is 10.1 Å². The van der Waals surface area contributed by atoms with E-state index in [1.807, 2.05) is 35.8 Å². The number of carbonyl (C=O) groups excluding carboxylic acids is 2. The van der Waals surface area contributed by atoms with Crippen LogP contribution in [0.15, 0.2) is 60.1 Å². The van der Waals surface area contributed by atoms with Gasteiger partial charge >= 0.3 is 5.97 Å². The van der Waals surface area contributed by atoms with E-state index in [0.29, 0.717) is 16.3 Å². The minimum absolute atomic E-state index is 0.323. The van der Waals surface area contributed by atoms with Crippen LogP contribution < -0.4 is 5.32 Å². The second kappa shape index (κ2) is 7.05. The average molecular weight is 377 g/mol. The summed E-state index contributed by atoms with van der Waals surface area (Å²) in [4.78, 5) is 31.8. The quantitative estimate of drug-likeness (QED) is 0.519. The van der Waals surface area contributed by atoms with Crippen molar-refractivity contribution < 1.29 is 14.3 Å². The number of benzene rings is 2. The van der Waals surface area contributed by atoms with Crippen LogP contribution in [0.3, 0.4) is 0 Å². The normalized spacial score (nSPS) is 10.7. The number of nitrogens with zero attached hydrogens (tertiary/aromatic N) is 1. The monoisotopic (exact) mass is 377 g/mol. The summed E-state index contributed by atoms with van der Waals surface area (Å²) in [6.07, 6.45) is 1.91. The first-order chi connectivity index (χ1) is 13.2. The summed E-state index contributed by atoms with van der Waals surface area (Å²) >= 11 is 1.35. The molecule has 0 fully saturated rings. The first-order valence-electron chi connectivity index (χ1n) is 8.17. The smallest absolute Gasteiger partial charge is 0.337 e. The third-order valence-corrected chi connectivity index (χ3v) is 4.89. The van der Waals surface area contributed by atoms with Gasteiger partial charge in [-0.1, -0.05) is 24.3 Å². The molecule has 27 heavy (non-hydrogen) atoms. The molecule has 2 N–H and O–H groups in total. The molecular formula is C20H15N3O3S. The van der Waals surface area contributed by atoms with Crippen LogP contribution in [0.5, 0.6) is 0 Å². The highest BCUT2D eigenvalue weighted by Gasteiger charge is 2.14. The van der Waals surface area contributed by atoms with Crippen molar-refractivity contribution >= 4 is 39.2 Å². The molecule has 0 saturated heterocycles. The van der Waals surface area contributed by atoms with Crippen LogP contribution in [0.1, 0.15) is 20.7 Å². The number of rotatable bonds is 4. The van der Waals surface area contributed by atoms with Gasteiger partial charge in [0.05, 0.1) is 18.4 Å². The first-order valence-corrected chi connectivity index (χ1v) is 9.05. The average Bonchev–Trinajstić information content (AvgIpc) is 3.34. The van der Waals surface area contributed by atoms with Crippen LogP contribution >= 0.6 is 11.3 Å². The van der Waals surface area contributed by atoms with Crippen LogP contribution in [0.25, 0.3) is 22.2 Å². The van der Waals surface area contributed by atoms with Crippen molar-refractivity contribution in [1.29, 1.82) is 0 Å². The number of carbonyl (C=O) groups is 2. The number of aromatic amines is 1. The number of ether oxygens (including phenoxy) is 1. The van der Waals surface area contributed by atoms with Gasteiger partial charge in [0.25, 0.3) is 5.91 Å². The van der Waals surface area contributed by atoms with E-state index in [1.165, 1.54) is 24.5 Å². The lowest BCUT2D eigenvalue weighted by molar-refractivity contribution is 0.0600. The Hall–Kier alpha value is -3.45. The van der Waals surface area contributed by atoms with E-state index < -0.39 is 5.97 Å². The maximum atomic E-state index is 12.5. The summed E-state index contributed by atoms with van der Waals surface area (Å²) in [6.45, 7) is 0. The van der Waals surface area contributed by atoms with Gasteiger partial charge in [-0.25, -0.2) is 9.78 Å². The summed E-state index contributed by atoms with van der Waals surface area (Å²) in [5.41, 5.74) is 3.49. The van der Waals surface area contributed by atoms with E-state index in [2.05, 4.69) is 20.0 Å². The molecule has 0 aliphatic heterocycles. The van der Waals surface area contributed by atoms with E-state index in [1.54, 1.807) is 18.2 Å². The Balaban J connectivity index is 1.56. The van der Waals surface area contributed by atoms with E-state index >= 15 is 0 Å².